The Bertz CT molecular complexity index is 356. The number of Topliss-reactive ketones (excluding diaryl/α,β-unsaturated/α-hetero) is 1. The van der Waals surface area contributed by atoms with E-state index < -0.39 is 0 Å². The number of unbranched alkanes of at least 4 members (excludes halogenated alkanes) is 6. The first-order chi connectivity index (χ1) is 9.27. The SMILES string of the molecule is CCCCCCCCCc1ccc(C(=O)CN)cc1. The molecule has 0 amide bonds. The number of nitrogens with two attached hydrogens (primary N) is 1. The second kappa shape index (κ2) is 9.74. The van der Waals surface area contributed by atoms with E-state index in [1.807, 2.05) is 12.1 Å². The lowest BCUT2D eigenvalue weighted by atomic mass is 10.0. The quantitative estimate of drug-likeness (QED) is 0.508. The van der Waals surface area contributed by atoms with Crippen molar-refractivity contribution in [1.82, 2.24) is 0 Å². The largest absolute Gasteiger partial charge is 0.324 e. The molecule has 0 aliphatic rings. The minimum Gasteiger partial charge on any atom is -0.324 e. The molecular formula is C17H27NO. The van der Waals surface area contributed by atoms with Crippen LogP contribution in [0.3, 0.4) is 0 Å². The van der Waals surface area contributed by atoms with Gasteiger partial charge in [-0.25, -0.2) is 0 Å². The standard InChI is InChI=1S/C17H27NO/c1-2-3-4-5-6-7-8-9-15-10-12-16(13-11-15)17(19)14-18/h10-13H,2-9,14,18H2,1H3. The summed E-state index contributed by atoms with van der Waals surface area (Å²) < 4.78 is 0. The minimum absolute atomic E-state index is 0.0162. The Balaban J connectivity index is 2.18. The molecule has 0 heterocycles. The maximum absolute atomic E-state index is 11.4. The van der Waals surface area contributed by atoms with Crippen LogP contribution in [0, 0.1) is 0 Å². The molecule has 1 aromatic rings. The Kier molecular flexibility index (Phi) is 8.15. The predicted octanol–water partition coefficient (Wildman–Crippen LogP) is 4.12. The lowest BCUT2D eigenvalue weighted by molar-refractivity contribution is 0.100. The zero-order valence-electron chi connectivity index (χ0n) is 12.2. The van der Waals surface area contributed by atoms with E-state index >= 15 is 0 Å². The molecule has 1 aromatic carbocycles. The summed E-state index contributed by atoms with van der Waals surface area (Å²) in [7, 11) is 0. The average molecular weight is 261 g/mol. The van der Waals surface area contributed by atoms with Crippen LogP contribution in [-0.4, -0.2) is 12.3 Å². The molecule has 0 unspecified atom stereocenters. The van der Waals surface area contributed by atoms with E-state index in [1.54, 1.807) is 0 Å². The van der Waals surface area contributed by atoms with Gasteiger partial charge in [-0.05, 0) is 18.4 Å². The second-order valence-corrected chi connectivity index (χ2v) is 5.20. The highest BCUT2D eigenvalue weighted by atomic mass is 16.1. The summed E-state index contributed by atoms with van der Waals surface area (Å²) >= 11 is 0. The molecule has 0 saturated heterocycles. The third-order valence-corrected chi connectivity index (χ3v) is 3.53. The summed E-state index contributed by atoms with van der Waals surface area (Å²) in [5.74, 6) is 0.0162. The topological polar surface area (TPSA) is 43.1 Å². The van der Waals surface area contributed by atoms with Crippen LogP contribution in [0.1, 0.15) is 67.8 Å². The van der Waals surface area contributed by atoms with Gasteiger partial charge in [0.2, 0.25) is 0 Å². The van der Waals surface area contributed by atoms with Crippen LogP contribution in [0.4, 0.5) is 0 Å². The molecule has 0 radical (unpaired) electrons. The van der Waals surface area contributed by atoms with Crippen molar-refractivity contribution in [3.8, 4) is 0 Å². The molecule has 0 aromatic heterocycles. The van der Waals surface area contributed by atoms with Gasteiger partial charge in [-0.1, -0.05) is 69.7 Å². The lowest BCUT2D eigenvalue weighted by Crippen LogP contribution is -2.13. The second-order valence-electron chi connectivity index (χ2n) is 5.20. The van der Waals surface area contributed by atoms with Crippen molar-refractivity contribution in [3.63, 3.8) is 0 Å². The van der Waals surface area contributed by atoms with Gasteiger partial charge in [-0.3, -0.25) is 4.79 Å². The van der Waals surface area contributed by atoms with Crippen LogP contribution >= 0.6 is 0 Å². The van der Waals surface area contributed by atoms with E-state index in [9.17, 15) is 4.79 Å². The van der Waals surface area contributed by atoms with Gasteiger partial charge >= 0.3 is 0 Å². The number of rotatable bonds is 10. The van der Waals surface area contributed by atoms with E-state index in [-0.39, 0.29) is 12.3 Å². The van der Waals surface area contributed by atoms with Gasteiger partial charge in [0.05, 0.1) is 6.54 Å². The van der Waals surface area contributed by atoms with E-state index in [0.29, 0.717) is 0 Å². The third-order valence-electron chi connectivity index (χ3n) is 3.53. The van der Waals surface area contributed by atoms with Crippen molar-refractivity contribution >= 4 is 5.78 Å². The molecule has 0 spiro atoms. The molecular weight excluding hydrogens is 234 g/mol. The number of aryl methyl sites for hydroxylation is 1. The number of hydrogen-bond donors (Lipinski definition) is 1. The summed E-state index contributed by atoms with van der Waals surface area (Å²) in [4.78, 5) is 11.4. The van der Waals surface area contributed by atoms with Crippen LogP contribution in [-0.2, 0) is 6.42 Å². The summed E-state index contributed by atoms with van der Waals surface area (Å²) in [6.07, 6.45) is 10.5. The molecule has 2 heteroatoms. The molecule has 19 heavy (non-hydrogen) atoms. The van der Waals surface area contributed by atoms with Crippen LogP contribution in [0.25, 0.3) is 0 Å². The number of carbonyl (C=O) groups is 1. The van der Waals surface area contributed by atoms with Crippen molar-refractivity contribution in [2.24, 2.45) is 5.73 Å². The maximum Gasteiger partial charge on any atom is 0.176 e. The monoisotopic (exact) mass is 261 g/mol. The molecule has 0 atom stereocenters. The van der Waals surface area contributed by atoms with Gasteiger partial charge in [-0.15, -0.1) is 0 Å². The molecule has 0 aliphatic heterocycles. The van der Waals surface area contributed by atoms with E-state index in [2.05, 4.69) is 19.1 Å². The summed E-state index contributed by atoms with van der Waals surface area (Å²) in [6.45, 7) is 2.34. The summed E-state index contributed by atoms with van der Waals surface area (Å²) in [5, 5.41) is 0. The molecule has 0 saturated carbocycles. The maximum atomic E-state index is 11.4. The van der Waals surface area contributed by atoms with Gasteiger partial charge in [0.15, 0.2) is 5.78 Å². The molecule has 2 nitrogen and oxygen atoms in total. The molecule has 106 valence electrons. The highest BCUT2D eigenvalue weighted by Gasteiger charge is 2.02. The fraction of sp³-hybridized carbons (Fsp3) is 0.588. The predicted molar refractivity (Wildman–Crippen MR) is 81.5 cm³/mol. The van der Waals surface area contributed by atoms with E-state index in [4.69, 9.17) is 5.73 Å². The van der Waals surface area contributed by atoms with E-state index in [1.165, 1.54) is 50.5 Å². The third kappa shape index (κ3) is 6.53. The number of benzene rings is 1. The van der Waals surface area contributed by atoms with Crippen LogP contribution in [0.2, 0.25) is 0 Å². The van der Waals surface area contributed by atoms with Crippen molar-refractivity contribution in [3.05, 3.63) is 35.4 Å². The zero-order chi connectivity index (χ0) is 13.9. The van der Waals surface area contributed by atoms with Crippen molar-refractivity contribution in [2.75, 3.05) is 6.54 Å². The number of carbonyl (C=O) groups excluding carboxylic acids is 1. The normalized spacial score (nSPS) is 10.6. The van der Waals surface area contributed by atoms with Crippen LogP contribution in [0.15, 0.2) is 24.3 Å². The van der Waals surface area contributed by atoms with Crippen molar-refractivity contribution in [2.45, 2.75) is 58.3 Å². The molecule has 0 aliphatic carbocycles. The summed E-state index contributed by atoms with van der Waals surface area (Å²) in [6, 6.07) is 7.90. The molecule has 1 rings (SSSR count). The lowest BCUT2D eigenvalue weighted by Gasteiger charge is -2.04. The van der Waals surface area contributed by atoms with Gasteiger partial charge < -0.3 is 5.73 Å². The van der Waals surface area contributed by atoms with Gasteiger partial charge in [0.25, 0.3) is 0 Å². The highest BCUT2D eigenvalue weighted by molar-refractivity contribution is 5.97. The fourth-order valence-corrected chi connectivity index (χ4v) is 2.26. The molecule has 0 fully saturated rings. The average Bonchev–Trinajstić information content (AvgIpc) is 2.46. The first kappa shape index (κ1) is 15.9. The van der Waals surface area contributed by atoms with Gasteiger partial charge in [-0.2, -0.15) is 0 Å². The first-order valence-electron chi connectivity index (χ1n) is 7.60. The molecule has 2 N–H and O–H groups in total. The first-order valence-corrected chi connectivity index (χ1v) is 7.60. The fourth-order valence-electron chi connectivity index (χ4n) is 2.26. The Morgan fingerprint density at radius 1 is 0.947 bits per heavy atom. The van der Waals surface area contributed by atoms with Crippen LogP contribution < -0.4 is 5.73 Å². The van der Waals surface area contributed by atoms with Crippen LogP contribution in [0.5, 0.6) is 0 Å². The number of hydrogen-bond acceptors (Lipinski definition) is 2. The smallest absolute Gasteiger partial charge is 0.176 e. The van der Waals surface area contributed by atoms with Gasteiger partial charge in [0.1, 0.15) is 0 Å². The summed E-state index contributed by atoms with van der Waals surface area (Å²) in [5.41, 5.74) is 7.39. The highest BCUT2D eigenvalue weighted by Crippen LogP contribution is 2.11. The minimum atomic E-state index is 0.0162. The van der Waals surface area contributed by atoms with Crippen molar-refractivity contribution in [1.29, 1.82) is 0 Å². The zero-order valence-corrected chi connectivity index (χ0v) is 12.2. The Hall–Kier alpha value is -1.15. The van der Waals surface area contributed by atoms with Crippen molar-refractivity contribution < 1.29 is 4.79 Å². The Labute approximate surface area is 117 Å². The number of ketones is 1. The van der Waals surface area contributed by atoms with E-state index in [0.717, 1.165) is 12.0 Å². The Morgan fingerprint density at radius 3 is 2.11 bits per heavy atom. The molecule has 0 bridgehead atoms. The Morgan fingerprint density at radius 2 is 1.53 bits per heavy atom. The van der Waals surface area contributed by atoms with Gasteiger partial charge in [0, 0.05) is 5.56 Å².